The van der Waals surface area contributed by atoms with Crippen molar-refractivity contribution in [1.29, 1.82) is 0 Å². The quantitative estimate of drug-likeness (QED) is 0.845. The first-order valence-electron chi connectivity index (χ1n) is 6.85. The monoisotopic (exact) mass is 272 g/mol. The molecule has 2 aromatic rings. The van der Waals surface area contributed by atoms with Crippen LogP contribution in [0.2, 0.25) is 0 Å². The van der Waals surface area contributed by atoms with Gasteiger partial charge in [0.25, 0.3) is 5.91 Å². The second-order valence-corrected chi connectivity index (χ2v) is 4.77. The van der Waals surface area contributed by atoms with Crippen LogP contribution in [0.25, 0.3) is 0 Å². The summed E-state index contributed by atoms with van der Waals surface area (Å²) in [5.41, 5.74) is 1.76. The number of aliphatic hydroxyl groups is 1. The van der Waals surface area contributed by atoms with E-state index in [1.54, 1.807) is 6.07 Å². The highest BCUT2D eigenvalue weighted by atomic mass is 16.3. The van der Waals surface area contributed by atoms with Gasteiger partial charge in [-0.15, -0.1) is 0 Å². The Labute approximate surface area is 119 Å². The predicted molar refractivity (Wildman–Crippen MR) is 78.6 cm³/mol. The van der Waals surface area contributed by atoms with E-state index in [2.05, 4.69) is 5.32 Å². The molecule has 0 unspecified atom stereocenters. The smallest absolute Gasteiger partial charge is 0.268 e. The van der Waals surface area contributed by atoms with Crippen LogP contribution < -0.4 is 5.32 Å². The van der Waals surface area contributed by atoms with Gasteiger partial charge in [-0.1, -0.05) is 37.3 Å². The van der Waals surface area contributed by atoms with Gasteiger partial charge >= 0.3 is 0 Å². The van der Waals surface area contributed by atoms with E-state index in [9.17, 15) is 4.79 Å². The van der Waals surface area contributed by atoms with Crippen LogP contribution in [0.3, 0.4) is 0 Å². The molecule has 1 amide bonds. The number of benzene rings is 1. The van der Waals surface area contributed by atoms with Gasteiger partial charge in [-0.3, -0.25) is 4.79 Å². The summed E-state index contributed by atoms with van der Waals surface area (Å²) in [6.07, 6.45) is 2.60. The van der Waals surface area contributed by atoms with Crippen LogP contribution >= 0.6 is 0 Å². The molecule has 0 aliphatic rings. The van der Waals surface area contributed by atoms with Crippen molar-refractivity contribution < 1.29 is 9.90 Å². The van der Waals surface area contributed by atoms with Crippen LogP contribution in [0.1, 0.15) is 29.4 Å². The minimum Gasteiger partial charge on any atom is -0.394 e. The first kappa shape index (κ1) is 14.3. The lowest BCUT2D eigenvalue weighted by Gasteiger charge is -2.15. The maximum Gasteiger partial charge on any atom is 0.268 e. The third-order valence-corrected chi connectivity index (χ3v) is 3.31. The van der Waals surface area contributed by atoms with Gasteiger partial charge in [0.2, 0.25) is 0 Å². The third-order valence-electron chi connectivity index (χ3n) is 3.31. The fourth-order valence-electron chi connectivity index (χ4n) is 2.07. The Hall–Kier alpha value is -2.07. The van der Waals surface area contributed by atoms with Crippen molar-refractivity contribution in [2.45, 2.75) is 25.9 Å². The normalized spacial score (nSPS) is 12.1. The molecule has 1 atom stereocenters. The van der Waals surface area contributed by atoms with Gasteiger partial charge in [0, 0.05) is 12.7 Å². The summed E-state index contributed by atoms with van der Waals surface area (Å²) in [4.78, 5) is 12.2. The van der Waals surface area contributed by atoms with Crippen LogP contribution in [0.15, 0.2) is 48.7 Å². The number of hydrogen-bond acceptors (Lipinski definition) is 2. The Balaban J connectivity index is 2.10. The topological polar surface area (TPSA) is 54.3 Å². The van der Waals surface area contributed by atoms with Gasteiger partial charge in [-0.25, -0.2) is 0 Å². The Morgan fingerprint density at radius 3 is 2.65 bits per heavy atom. The number of aromatic nitrogens is 1. The highest BCUT2D eigenvalue weighted by Gasteiger charge is 2.14. The molecular weight excluding hydrogens is 252 g/mol. The Morgan fingerprint density at radius 2 is 2.00 bits per heavy atom. The fraction of sp³-hybridized carbons (Fsp3) is 0.312. The molecule has 2 N–H and O–H groups in total. The zero-order valence-electron chi connectivity index (χ0n) is 11.6. The molecule has 0 bridgehead atoms. The summed E-state index contributed by atoms with van der Waals surface area (Å²) >= 11 is 0. The van der Waals surface area contributed by atoms with Crippen molar-refractivity contribution in [2.75, 3.05) is 6.61 Å². The first-order valence-corrected chi connectivity index (χ1v) is 6.85. The van der Waals surface area contributed by atoms with E-state index in [1.807, 2.05) is 54.1 Å². The molecule has 1 heterocycles. The molecule has 0 aliphatic carbocycles. The van der Waals surface area contributed by atoms with Crippen molar-refractivity contribution in [3.8, 4) is 0 Å². The lowest BCUT2D eigenvalue weighted by Crippen LogP contribution is -2.37. The van der Waals surface area contributed by atoms with Crippen molar-refractivity contribution in [3.63, 3.8) is 0 Å². The minimum absolute atomic E-state index is 0.0400. The standard InChI is InChI=1S/C16H20N2O2/c1-2-14(12-19)17-16(20)15-9-6-10-18(15)11-13-7-4-3-5-8-13/h3-10,14,19H,2,11-12H2,1H3,(H,17,20)/t14-/m0/s1. The number of rotatable bonds is 6. The summed E-state index contributed by atoms with van der Waals surface area (Å²) in [6.45, 7) is 2.55. The molecule has 0 fully saturated rings. The van der Waals surface area contributed by atoms with E-state index >= 15 is 0 Å². The SMILES string of the molecule is CC[C@@H](CO)NC(=O)c1cccn1Cc1ccccc1. The zero-order valence-corrected chi connectivity index (χ0v) is 11.6. The van der Waals surface area contributed by atoms with Crippen LogP contribution in [-0.2, 0) is 6.54 Å². The zero-order chi connectivity index (χ0) is 14.4. The van der Waals surface area contributed by atoms with Crippen molar-refractivity contribution >= 4 is 5.91 Å². The number of nitrogens with one attached hydrogen (secondary N) is 1. The molecule has 4 nitrogen and oxygen atoms in total. The number of carbonyl (C=O) groups is 1. The maximum absolute atomic E-state index is 12.2. The highest BCUT2D eigenvalue weighted by Crippen LogP contribution is 2.08. The van der Waals surface area contributed by atoms with Crippen LogP contribution in [0.4, 0.5) is 0 Å². The lowest BCUT2D eigenvalue weighted by molar-refractivity contribution is 0.0906. The van der Waals surface area contributed by atoms with Crippen molar-refractivity contribution in [2.24, 2.45) is 0 Å². The summed E-state index contributed by atoms with van der Waals surface area (Å²) in [7, 11) is 0. The van der Waals surface area contributed by atoms with E-state index in [-0.39, 0.29) is 18.6 Å². The maximum atomic E-state index is 12.2. The largest absolute Gasteiger partial charge is 0.394 e. The summed E-state index contributed by atoms with van der Waals surface area (Å²) in [5, 5.41) is 12.0. The van der Waals surface area contributed by atoms with E-state index in [0.29, 0.717) is 18.7 Å². The van der Waals surface area contributed by atoms with Crippen LogP contribution in [0, 0.1) is 0 Å². The van der Waals surface area contributed by atoms with E-state index in [0.717, 1.165) is 5.56 Å². The number of aliphatic hydroxyl groups excluding tert-OH is 1. The summed E-state index contributed by atoms with van der Waals surface area (Å²) in [5.74, 6) is -0.146. The second-order valence-electron chi connectivity index (χ2n) is 4.77. The summed E-state index contributed by atoms with van der Waals surface area (Å²) in [6, 6.07) is 13.5. The van der Waals surface area contributed by atoms with Crippen LogP contribution in [0.5, 0.6) is 0 Å². The Bertz CT molecular complexity index is 545. The van der Waals surface area contributed by atoms with Gasteiger partial charge < -0.3 is 15.0 Å². The number of nitrogens with zero attached hydrogens (tertiary/aromatic N) is 1. The van der Waals surface area contributed by atoms with Gasteiger partial charge in [0.1, 0.15) is 5.69 Å². The number of carbonyl (C=O) groups excluding carboxylic acids is 1. The first-order chi connectivity index (χ1) is 9.74. The fourth-order valence-corrected chi connectivity index (χ4v) is 2.07. The van der Waals surface area contributed by atoms with Crippen LogP contribution in [-0.4, -0.2) is 28.2 Å². The molecule has 4 heteroatoms. The second kappa shape index (κ2) is 6.91. The Kier molecular flexibility index (Phi) is 4.96. The third kappa shape index (κ3) is 3.48. The predicted octanol–water partition coefficient (Wildman–Crippen LogP) is 2.04. The lowest BCUT2D eigenvalue weighted by atomic mass is 10.2. The average molecular weight is 272 g/mol. The van der Waals surface area contributed by atoms with Gasteiger partial charge in [0.05, 0.1) is 12.6 Å². The summed E-state index contributed by atoms with van der Waals surface area (Å²) < 4.78 is 1.91. The molecule has 1 aromatic carbocycles. The molecule has 2 rings (SSSR count). The Morgan fingerprint density at radius 1 is 1.25 bits per heavy atom. The highest BCUT2D eigenvalue weighted by molar-refractivity contribution is 5.93. The average Bonchev–Trinajstić information content (AvgIpc) is 2.94. The molecular formula is C16H20N2O2. The minimum atomic E-state index is -0.192. The molecule has 0 saturated carbocycles. The van der Waals surface area contributed by atoms with Gasteiger partial charge in [0.15, 0.2) is 0 Å². The van der Waals surface area contributed by atoms with Crippen molar-refractivity contribution in [3.05, 3.63) is 59.9 Å². The van der Waals surface area contributed by atoms with Gasteiger partial charge in [-0.2, -0.15) is 0 Å². The molecule has 1 aromatic heterocycles. The molecule has 0 saturated heterocycles. The van der Waals surface area contributed by atoms with Gasteiger partial charge in [-0.05, 0) is 24.1 Å². The molecule has 0 spiro atoms. The molecule has 0 radical (unpaired) electrons. The molecule has 0 aliphatic heterocycles. The number of amides is 1. The van der Waals surface area contributed by atoms with E-state index in [1.165, 1.54) is 0 Å². The molecule has 20 heavy (non-hydrogen) atoms. The van der Waals surface area contributed by atoms with E-state index < -0.39 is 0 Å². The van der Waals surface area contributed by atoms with Crippen molar-refractivity contribution in [1.82, 2.24) is 9.88 Å². The van der Waals surface area contributed by atoms with E-state index in [4.69, 9.17) is 5.11 Å². The number of hydrogen-bond donors (Lipinski definition) is 2. The molecule has 106 valence electrons.